The first-order chi connectivity index (χ1) is 13.2. The molecule has 1 unspecified atom stereocenters. The second kappa shape index (κ2) is 6.75. The minimum atomic E-state index is 0.277. The van der Waals surface area contributed by atoms with Gasteiger partial charge >= 0.3 is 0 Å². The molecule has 2 aromatic rings. The Balaban J connectivity index is 1.41. The van der Waals surface area contributed by atoms with Crippen molar-refractivity contribution in [1.82, 2.24) is 4.90 Å². The Morgan fingerprint density at radius 1 is 1.26 bits per heavy atom. The van der Waals surface area contributed by atoms with Crippen molar-refractivity contribution in [2.75, 3.05) is 13.1 Å². The average molecular weight is 382 g/mol. The van der Waals surface area contributed by atoms with E-state index >= 15 is 0 Å². The highest BCUT2D eigenvalue weighted by Gasteiger charge is 2.53. The number of nitrogens with zero attached hydrogens (tertiary/aromatic N) is 1. The summed E-state index contributed by atoms with van der Waals surface area (Å²) >= 11 is 1.55. The summed E-state index contributed by atoms with van der Waals surface area (Å²) in [4.78, 5) is 16.0. The molecule has 2 heterocycles. The summed E-state index contributed by atoms with van der Waals surface area (Å²) in [5, 5.41) is 12.0. The normalized spacial score (nSPS) is 29.8. The van der Waals surface area contributed by atoms with Gasteiger partial charge in [-0.2, -0.15) is 0 Å². The number of benzene rings is 1. The molecule has 5 rings (SSSR count). The van der Waals surface area contributed by atoms with Gasteiger partial charge in [0.15, 0.2) is 5.78 Å². The summed E-state index contributed by atoms with van der Waals surface area (Å²) < 4.78 is 0. The van der Waals surface area contributed by atoms with Crippen LogP contribution in [0.25, 0.3) is 0 Å². The van der Waals surface area contributed by atoms with Gasteiger partial charge in [0, 0.05) is 24.4 Å². The predicted octanol–water partition coefficient (Wildman–Crippen LogP) is 4.79. The zero-order chi connectivity index (χ0) is 18.4. The van der Waals surface area contributed by atoms with Crippen LogP contribution < -0.4 is 0 Å². The Bertz CT molecular complexity index is 846. The maximum Gasteiger partial charge on any atom is 0.174 e. The Morgan fingerprint density at radius 3 is 3.04 bits per heavy atom. The Hall–Kier alpha value is -1.65. The zero-order valence-corrected chi connectivity index (χ0v) is 16.5. The lowest BCUT2D eigenvalue weighted by Gasteiger charge is -2.59. The summed E-state index contributed by atoms with van der Waals surface area (Å²) in [6.07, 6.45) is 8.07. The van der Waals surface area contributed by atoms with Crippen LogP contribution in [0.2, 0.25) is 0 Å². The third-order valence-electron chi connectivity index (χ3n) is 7.35. The highest BCUT2D eigenvalue weighted by Crippen LogP contribution is 2.56. The quantitative estimate of drug-likeness (QED) is 0.775. The lowest BCUT2D eigenvalue weighted by Crippen LogP contribution is -2.61. The van der Waals surface area contributed by atoms with Crippen LogP contribution in [0.1, 0.15) is 59.3 Å². The van der Waals surface area contributed by atoms with Crippen LogP contribution in [-0.4, -0.2) is 34.9 Å². The number of Topliss-reactive ketones (excluding diaryl/α,β-unsaturated/α-hetero) is 1. The molecule has 2 fully saturated rings. The molecular formula is C23H27NO2S. The Labute approximate surface area is 165 Å². The molecule has 1 saturated carbocycles. The van der Waals surface area contributed by atoms with Gasteiger partial charge in [0.05, 0.1) is 4.88 Å². The monoisotopic (exact) mass is 381 g/mol. The molecule has 1 aromatic carbocycles. The predicted molar refractivity (Wildman–Crippen MR) is 109 cm³/mol. The van der Waals surface area contributed by atoms with Crippen molar-refractivity contribution in [1.29, 1.82) is 0 Å². The van der Waals surface area contributed by atoms with E-state index in [1.54, 1.807) is 11.3 Å². The van der Waals surface area contributed by atoms with E-state index < -0.39 is 0 Å². The molecule has 2 aliphatic carbocycles. The van der Waals surface area contributed by atoms with Crippen LogP contribution in [-0.2, 0) is 11.8 Å². The van der Waals surface area contributed by atoms with E-state index in [4.69, 9.17) is 0 Å². The smallest absolute Gasteiger partial charge is 0.174 e. The molecule has 0 spiro atoms. The lowest BCUT2D eigenvalue weighted by atomic mass is 9.52. The van der Waals surface area contributed by atoms with Crippen LogP contribution in [0.4, 0.5) is 0 Å². The summed E-state index contributed by atoms with van der Waals surface area (Å²) in [5.74, 6) is 1.37. The maximum atomic E-state index is 12.5. The van der Waals surface area contributed by atoms with Crippen LogP contribution in [0.15, 0.2) is 35.7 Å². The third-order valence-corrected chi connectivity index (χ3v) is 8.26. The van der Waals surface area contributed by atoms with E-state index in [1.807, 2.05) is 29.6 Å². The molecule has 2 bridgehead atoms. The maximum absolute atomic E-state index is 12.5. The number of likely N-dealkylation sites (tertiary alicyclic amines) is 1. The topological polar surface area (TPSA) is 40.5 Å². The molecule has 1 N–H and O–H groups in total. The molecule has 4 heteroatoms. The minimum absolute atomic E-state index is 0.277. The number of hydrogen-bond donors (Lipinski definition) is 1. The van der Waals surface area contributed by atoms with Gasteiger partial charge in [0.25, 0.3) is 0 Å². The van der Waals surface area contributed by atoms with Crippen molar-refractivity contribution >= 4 is 17.1 Å². The number of rotatable bonds is 4. The van der Waals surface area contributed by atoms with Crippen LogP contribution in [0, 0.1) is 5.92 Å². The number of aromatic hydroxyl groups is 1. The minimum Gasteiger partial charge on any atom is -0.508 e. The molecule has 0 amide bonds. The fourth-order valence-corrected chi connectivity index (χ4v) is 6.88. The van der Waals surface area contributed by atoms with Crippen LogP contribution in [0.5, 0.6) is 5.75 Å². The van der Waals surface area contributed by atoms with E-state index in [1.165, 1.54) is 43.2 Å². The number of thiophene rings is 1. The largest absolute Gasteiger partial charge is 0.508 e. The number of phenols is 1. The molecule has 27 heavy (non-hydrogen) atoms. The van der Waals surface area contributed by atoms with Crippen LogP contribution in [0.3, 0.4) is 0 Å². The zero-order valence-electron chi connectivity index (χ0n) is 15.7. The third kappa shape index (κ3) is 2.85. The van der Waals surface area contributed by atoms with Crippen molar-refractivity contribution in [3.63, 3.8) is 0 Å². The van der Waals surface area contributed by atoms with Gasteiger partial charge in [0.1, 0.15) is 5.75 Å². The number of ketones is 1. The van der Waals surface area contributed by atoms with Crippen LogP contribution >= 0.6 is 11.3 Å². The summed E-state index contributed by atoms with van der Waals surface area (Å²) in [6, 6.07) is 10.5. The fourth-order valence-electron chi connectivity index (χ4n) is 6.18. The number of fused-ring (bicyclic) bond motifs is 1. The molecule has 3 nitrogen and oxygen atoms in total. The first-order valence-corrected chi connectivity index (χ1v) is 11.2. The standard InChI is InChI=1S/C23H27NO2S/c25-17-6-7-18-16(14-17)15-20-19-4-1-2-9-23(18,19)10-12-24(20)11-8-21(26)22-5-3-13-27-22/h3,5-7,13-14,19-20,25H,1-2,4,8-12,15H2/t19-,20+,23?/m0/s1. The van der Waals surface area contributed by atoms with E-state index in [9.17, 15) is 9.90 Å². The molecular weight excluding hydrogens is 354 g/mol. The molecule has 1 saturated heterocycles. The Kier molecular flexibility index (Phi) is 4.36. The van der Waals surface area contributed by atoms with Crippen molar-refractivity contribution in [2.45, 2.75) is 56.4 Å². The summed E-state index contributed by atoms with van der Waals surface area (Å²) in [5.41, 5.74) is 3.15. The van der Waals surface area contributed by atoms with E-state index in [0.29, 0.717) is 29.5 Å². The van der Waals surface area contributed by atoms with E-state index in [0.717, 1.165) is 24.4 Å². The van der Waals surface area contributed by atoms with Gasteiger partial charge < -0.3 is 5.11 Å². The van der Waals surface area contributed by atoms with Gasteiger partial charge in [-0.1, -0.05) is 25.0 Å². The summed E-state index contributed by atoms with van der Waals surface area (Å²) in [7, 11) is 0. The second-order valence-corrected chi connectivity index (χ2v) is 9.51. The molecule has 3 aliphatic rings. The number of carbonyl (C=O) groups is 1. The Morgan fingerprint density at radius 2 is 2.19 bits per heavy atom. The second-order valence-electron chi connectivity index (χ2n) is 8.56. The van der Waals surface area contributed by atoms with Gasteiger partial charge in [-0.25, -0.2) is 0 Å². The van der Waals surface area contributed by atoms with Crippen molar-refractivity contribution in [3.05, 3.63) is 51.7 Å². The summed E-state index contributed by atoms with van der Waals surface area (Å²) in [6.45, 7) is 1.96. The van der Waals surface area contributed by atoms with E-state index in [-0.39, 0.29) is 5.78 Å². The van der Waals surface area contributed by atoms with Gasteiger partial charge in [0.2, 0.25) is 0 Å². The number of piperidine rings is 1. The first kappa shape index (κ1) is 17.4. The molecule has 1 aromatic heterocycles. The molecule has 3 atom stereocenters. The molecule has 1 aliphatic heterocycles. The van der Waals surface area contributed by atoms with Gasteiger partial charge in [-0.3, -0.25) is 9.69 Å². The lowest BCUT2D eigenvalue weighted by molar-refractivity contribution is -0.0110. The number of hydrogen-bond acceptors (Lipinski definition) is 4. The van der Waals surface area contributed by atoms with Gasteiger partial charge in [-0.15, -0.1) is 11.3 Å². The molecule has 142 valence electrons. The SMILES string of the molecule is O=C(CCN1CCC23CCCC[C@H]2[C@H]1Cc1cc(O)ccc13)c1cccs1. The van der Waals surface area contributed by atoms with Crippen molar-refractivity contribution in [2.24, 2.45) is 5.92 Å². The van der Waals surface area contributed by atoms with Crippen molar-refractivity contribution < 1.29 is 9.90 Å². The molecule has 0 radical (unpaired) electrons. The van der Waals surface area contributed by atoms with Gasteiger partial charge in [-0.05, 0) is 72.9 Å². The average Bonchev–Trinajstić information content (AvgIpc) is 3.21. The number of phenolic OH excluding ortho intramolecular Hbond substituents is 1. The number of carbonyl (C=O) groups excluding carboxylic acids is 1. The highest BCUT2D eigenvalue weighted by atomic mass is 32.1. The fraction of sp³-hybridized carbons (Fsp3) is 0.522. The van der Waals surface area contributed by atoms with E-state index in [2.05, 4.69) is 11.0 Å². The van der Waals surface area contributed by atoms with Crippen molar-refractivity contribution in [3.8, 4) is 5.75 Å². The highest BCUT2D eigenvalue weighted by molar-refractivity contribution is 7.12. The first-order valence-electron chi connectivity index (χ1n) is 10.3.